The van der Waals surface area contributed by atoms with Crippen molar-refractivity contribution in [1.82, 2.24) is 5.32 Å². The molecule has 1 aromatic carbocycles. The van der Waals surface area contributed by atoms with E-state index < -0.39 is 10.0 Å². The van der Waals surface area contributed by atoms with Gasteiger partial charge in [0.2, 0.25) is 10.0 Å². The Hall–Kier alpha value is -1.07. The summed E-state index contributed by atoms with van der Waals surface area (Å²) in [5.41, 5.74) is 3.31. The number of anilines is 1. The lowest BCUT2D eigenvalue weighted by atomic mass is 9.98. The molecule has 1 aromatic rings. The fourth-order valence-electron chi connectivity index (χ4n) is 3.09. The van der Waals surface area contributed by atoms with Crippen LogP contribution in [-0.4, -0.2) is 26.8 Å². The Morgan fingerprint density at radius 3 is 2.81 bits per heavy atom. The molecule has 1 heterocycles. The van der Waals surface area contributed by atoms with Crippen molar-refractivity contribution in [3.63, 3.8) is 0 Å². The summed E-state index contributed by atoms with van der Waals surface area (Å²) in [6, 6.07) is 6.54. The van der Waals surface area contributed by atoms with Crippen molar-refractivity contribution in [3.05, 3.63) is 29.3 Å². The summed E-state index contributed by atoms with van der Waals surface area (Å²) >= 11 is 0. The summed E-state index contributed by atoms with van der Waals surface area (Å²) in [6.45, 7) is 5.81. The highest BCUT2D eigenvalue weighted by atomic mass is 32.2. The van der Waals surface area contributed by atoms with Gasteiger partial charge in [-0.25, -0.2) is 8.42 Å². The van der Waals surface area contributed by atoms with Crippen LogP contribution in [0.15, 0.2) is 18.2 Å². The second kappa shape index (κ2) is 5.61. The standard InChI is InChI=1S/C16H24N2O2S/c1-3-17-12(2)13-6-9-16-14(11-13)5-4-10-18(16)21(19,20)15-7-8-15/h6,9,11-12,15,17H,3-5,7-8,10H2,1-2H3. The molecule has 0 amide bonds. The molecule has 0 saturated heterocycles. The first-order valence-electron chi connectivity index (χ1n) is 7.91. The largest absolute Gasteiger partial charge is 0.310 e. The Morgan fingerprint density at radius 2 is 2.14 bits per heavy atom. The highest BCUT2D eigenvalue weighted by Gasteiger charge is 2.41. The summed E-state index contributed by atoms with van der Waals surface area (Å²) < 4.78 is 26.7. The molecule has 0 spiro atoms. The van der Waals surface area contributed by atoms with Crippen molar-refractivity contribution >= 4 is 15.7 Å². The van der Waals surface area contributed by atoms with Crippen molar-refractivity contribution in [2.24, 2.45) is 0 Å². The van der Waals surface area contributed by atoms with E-state index in [-0.39, 0.29) is 5.25 Å². The molecule has 0 radical (unpaired) electrons. The quantitative estimate of drug-likeness (QED) is 0.909. The van der Waals surface area contributed by atoms with Gasteiger partial charge in [-0.1, -0.05) is 19.1 Å². The van der Waals surface area contributed by atoms with Gasteiger partial charge in [0, 0.05) is 12.6 Å². The van der Waals surface area contributed by atoms with Crippen LogP contribution in [-0.2, 0) is 16.4 Å². The highest BCUT2D eigenvalue weighted by Crippen LogP contribution is 2.38. The van der Waals surface area contributed by atoms with Crippen LogP contribution in [0.25, 0.3) is 0 Å². The molecule has 1 fully saturated rings. The maximum atomic E-state index is 12.5. The molecule has 0 aromatic heterocycles. The van der Waals surface area contributed by atoms with Gasteiger partial charge in [0.25, 0.3) is 0 Å². The molecule has 1 aliphatic carbocycles. The number of aryl methyl sites for hydroxylation is 1. The van der Waals surface area contributed by atoms with Crippen LogP contribution in [0.1, 0.15) is 50.3 Å². The monoisotopic (exact) mass is 308 g/mol. The second-order valence-electron chi connectivity index (χ2n) is 6.09. The predicted molar refractivity (Wildman–Crippen MR) is 86.1 cm³/mol. The lowest BCUT2D eigenvalue weighted by Gasteiger charge is -2.31. The number of rotatable bonds is 5. The third kappa shape index (κ3) is 2.81. The normalized spacial score (nSPS) is 20.2. The topological polar surface area (TPSA) is 49.4 Å². The third-order valence-corrected chi connectivity index (χ3v) is 6.75. The molecule has 0 bridgehead atoms. The average Bonchev–Trinajstić information content (AvgIpc) is 3.31. The third-order valence-electron chi connectivity index (χ3n) is 4.44. The number of nitrogens with zero attached hydrogens (tertiary/aromatic N) is 1. The fourth-order valence-corrected chi connectivity index (χ4v) is 5.01. The average molecular weight is 308 g/mol. The molecule has 116 valence electrons. The maximum absolute atomic E-state index is 12.5. The zero-order valence-electron chi connectivity index (χ0n) is 12.8. The van der Waals surface area contributed by atoms with Crippen LogP contribution in [0, 0.1) is 0 Å². The van der Waals surface area contributed by atoms with Gasteiger partial charge in [0.05, 0.1) is 10.9 Å². The zero-order valence-corrected chi connectivity index (χ0v) is 13.6. The van der Waals surface area contributed by atoms with Gasteiger partial charge in [-0.05, 0) is 56.3 Å². The van der Waals surface area contributed by atoms with Crippen molar-refractivity contribution in [3.8, 4) is 0 Å². The van der Waals surface area contributed by atoms with Crippen molar-refractivity contribution in [1.29, 1.82) is 0 Å². The second-order valence-corrected chi connectivity index (χ2v) is 8.22. The minimum atomic E-state index is -3.13. The number of hydrogen-bond donors (Lipinski definition) is 1. The lowest BCUT2D eigenvalue weighted by Crippen LogP contribution is -2.37. The first-order valence-corrected chi connectivity index (χ1v) is 9.42. The first kappa shape index (κ1) is 14.9. The van der Waals surface area contributed by atoms with Gasteiger partial charge in [-0.3, -0.25) is 4.31 Å². The van der Waals surface area contributed by atoms with E-state index in [9.17, 15) is 8.42 Å². The van der Waals surface area contributed by atoms with Gasteiger partial charge in [-0.2, -0.15) is 0 Å². The van der Waals surface area contributed by atoms with Crippen LogP contribution in [0.2, 0.25) is 0 Å². The number of hydrogen-bond acceptors (Lipinski definition) is 3. The molecule has 2 aliphatic rings. The Bertz CT molecular complexity index is 623. The van der Waals surface area contributed by atoms with Crippen molar-refractivity contribution < 1.29 is 8.42 Å². The SMILES string of the molecule is CCNC(C)c1ccc2c(c1)CCCN2S(=O)(=O)C1CC1. The Kier molecular flexibility index (Phi) is 3.97. The molecule has 1 atom stereocenters. The molecule has 5 heteroatoms. The lowest BCUT2D eigenvalue weighted by molar-refractivity contribution is 0.584. The highest BCUT2D eigenvalue weighted by molar-refractivity contribution is 7.93. The van der Waals surface area contributed by atoms with E-state index in [1.54, 1.807) is 4.31 Å². The Morgan fingerprint density at radius 1 is 1.38 bits per heavy atom. The molecular weight excluding hydrogens is 284 g/mol. The zero-order chi connectivity index (χ0) is 15.0. The van der Waals surface area contributed by atoms with E-state index in [2.05, 4.69) is 31.3 Å². The Balaban J connectivity index is 1.92. The molecular formula is C16H24N2O2S. The summed E-state index contributed by atoms with van der Waals surface area (Å²) in [6.07, 6.45) is 3.53. The van der Waals surface area contributed by atoms with E-state index in [4.69, 9.17) is 0 Å². The minimum Gasteiger partial charge on any atom is -0.310 e. The number of nitrogens with one attached hydrogen (secondary N) is 1. The molecule has 1 aliphatic heterocycles. The first-order chi connectivity index (χ1) is 10.0. The number of benzene rings is 1. The van der Waals surface area contributed by atoms with Crippen LogP contribution in [0.4, 0.5) is 5.69 Å². The van der Waals surface area contributed by atoms with Gasteiger partial charge in [0.15, 0.2) is 0 Å². The van der Waals surface area contributed by atoms with E-state index in [0.717, 1.165) is 37.9 Å². The molecule has 1 unspecified atom stereocenters. The van der Waals surface area contributed by atoms with E-state index >= 15 is 0 Å². The van der Waals surface area contributed by atoms with Crippen molar-refractivity contribution in [2.75, 3.05) is 17.4 Å². The summed E-state index contributed by atoms with van der Waals surface area (Å²) in [5, 5.41) is 3.27. The van der Waals surface area contributed by atoms with Crippen LogP contribution in [0.3, 0.4) is 0 Å². The molecule has 1 N–H and O–H groups in total. The van der Waals surface area contributed by atoms with E-state index in [1.165, 1.54) is 11.1 Å². The fraction of sp³-hybridized carbons (Fsp3) is 0.625. The summed E-state index contributed by atoms with van der Waals surface area (Å²) in [7, 11) is -3.13. The number of sulfonamides is 1. The molecule has 3 rings (SSSR count). The molecule has 4 nitrogen and oxygen atoms in total. The predicted octanol–water partition coefficient (Wildman–Crippen LogP) is 2.60. The summed E-state index contributed by atoms with van der Waals surface area (Å²) in [5.74, 6) is 0. The van der Waals surface area contributed by atoms with Gasteiger partial charge >= 0.3 is 0 Å². The van der Waals surface area contributed by atoms with Crippen LogP contribution in [0.5, 0.6) is 0 Å². The van der Waals surface area contributed by atoms with E-state index in [1.807, 2.05) is 6.07 Å². The Labute approximate surface area is 127 Å². The number of fused-ring (bicyclic) bond motifs is 1. The van der Waals surface area contributed by atoms with Gasteiger partial charge < -0.3 is 5.32 Å². The van der Waals surface area contributed by atoms with Crippen molar-refractivity contribution in [2.45, 2.75) is 50.8 Å². The van der Waals surface area contributed by atoms with Gasteiger partial charge in [0.1, 0.15) is 0 Å². The molecule has 1 saturated carbocycles. The minimum absolute atomic E-state index is 0.135. The van der Waals surface area contributed by atoms with Gasteiger partial charge in [-0.15, -0.1) is 0 Å². The molecule has 21 heavy (non-hydrogen) atoms. The summed E-state index contributed by atoms with van der Waals surface area (Å²) in [4.78, 5) is 0. The smallest absolute Gasteiger partial charge is 0.238 e. The van der Waals surface area contributed by atoms with E-state index in [0.29, 0.717) is 12.6 Å². The maximum Gasteiger partial charge on any atom is 0.238 e. The van der Waals surface area contributed by atoms with Crippen LogP contribution < -0.4 is 9.62 Å². The van der Waals surface area contributed by atoms with Crippen LogP contribution >= 0.6 is 0 Å².